The van der Waals surface area contributed by atoms with Crippen molar-refractivity contribution in [2.75, 3.05) is 4.90 Å². The normalized spacial score (nSPS) is 14.4. The van der Waals surface area contributed by atoms with Gasteiger partial charge in [-0.05, 0) is 99.1 Å². The molecule has 0 atom stereocenters. The summed E-state index contributed by atoms with van der Waals surface area (Å²) in [4.78, 5) is 2.39. The van der Waals surface area contributed by atoms with Gasteiger partial charge in [-0.2, -0.15) is 0 Å². The van der Waals surface area contributed by atoms with Gasteiger partial charge >= 0.3 is 0 Å². The van der Waals surface area contributed by atoms with Gasteiger partial charge in [0, 0.05) is 60.7 Å². The second-order valence-electron chi connectivity index (χ2n) is 17.3. The van der Waals surface area contributed by atoms with E-state index in [1.807, 2.05) is 18.2 Å². The summed E-state index contributed by atoms with van der Waals surface area (Å²) in [6.07, 6.45) is 0. The van der Waals surface area contributed by atoms with Crippen LogP contribution in [0.4, 0.5) is 17.1 Å². The first kappa shape index (κ1) is 34.0. The van der Waals surface area contributed by atoms with E-state index in [2.05, 4.69) is 190 Å². The van der Waals surface area contributed by atoms with Crippen molar-refractivity contribution in [3.8, 4) is 44.7 Å². The molecule has 0 bridgehead atoms. The highest BCUT2D eigenvalue weighted by Gasteiger charge is 2.40. The minimum Gasteiger partial charge on any atom is -0.456 e. The van der Waals surface area contributed by atoms with Gasteiger partial charge in [-0.3, -0.25) is 0 Å². The third kappa shape index (κ3) is 4.88. The maximum absolute atomic E-state index is 6.46. The molecule has 0 saturated heterocycles. The molecule has 3 heteroatoms. The standard InChI is InChI=1S/C56H41NO2/c1-55(2)47-17-8-5-12-41(47)42-31-29-39(33-49(42)55)57(38-27-22-35(23-28-38)40-15-11-16-44-43-13-6-9-18-50(43)58-53(40)44)37-25-20-34(21-26-37)36-24-30-45-48(32-36)56(3,4)52-46-14-7-10-19-51(46)59-54(45)52/h5-33H,1-4H3. The Bertz CT molecular complexity index is 3320. The van der Waals surface area contributed by atoms with Gasteiger partial charge in [0.2, 0.25) is 0 Å². The number of furan rings is 2. The van der Waals surface area contributed by atoms with Crippen LogP contribution in [-0.4, -0.2) is 0 Å². The summed E-state index contributed by atoms with van der Waals surface area (Å²) in [5.41, 5.74) is 19.5. The third-order valence-electron chi connectivity index (χ3n) is 13.3. The molecule has 0 amide bonds. The molecular weight excluding hydrogens is 719 g/mol. The first-order valence-corrected chi connectivity index (χ1v) is 20.6. The average Bonchev–Trinajstić information content (AvgIpc) is 3.97. The van der Waals surface area contributed by atoms with Crippen LogP contribution in [0, 0.1) is 0 Å². The zero-order valence-corrected chi connectivity index (χ0v) is 33.5. The largest absolute Gasteiger partial charge is 0.456 e. The molecule has 12 rings (SSSR count). The van der Waals surface area contributed by atoms with Crippen LogP contribution in [0.15, 0.2) is 185 Å². The molecule has 2 aliphatic carbocycles. The zero-order valence-electron chi connectivity index (χ0n) is 33.5. The van der Waals surface area contributed by atoms with Crippen molar-refractivity contribution in [1.29, 1.82) is 0 Å². The quantitative estimate of drug-likeness (QED) is 0.175. The third-order valence-corrected chi connectivity index (χ3v) is 13.3. The first-order chi connectivity index (χ1) is 28.8. The van der Waals surface area contributed by atoms with Crippen LogP contribution >= 0.6 is 0 Å². The smallest absolute Gasteiger partial charge is 0.143 e. The molecule has 0 aliphatic heterocycles. The Morgan fingerprint density at radius 1 is 0.373 bits per heavy atom. The summed E-state index contributed by atoms with van der Waals surface area (Å²) >= 11 is 0. The molecule has 0 fully saturated rings. The molecule has 0 saturated carbocycles. The zero-order chi connectivity index (χ0) is 39.6. The highest BCUT2D eigenvalue weighted by Crippen LogP contribution is 2.54. The summed E-state index contributed by atoms with van der Waals surface area (Å²) in [5, 5.41) is 3.48. The summed E-state index contributed by atoms with van der Waals surface area (Å²) in [5.74, 6) is 1.00. The lowest BCUT2D eigenvalue weighted by molar-refractivity contribution is 0.619. The highest BCUT2D eigenvalue weighted by molar-refractivity contribution is 6.09. The van der Waals surface area contributed by atoms with E-state index in [1.165, 1.54) is 55.5 Å². The van der Waals surface area contributed by atoms with Crippen molar-refractivity contribution in [2.45, 2.75) is 38.5 Å². The van der Waals surface area contributed by atoms with E-state index in [0.29, 0.717) is 0 Å². The van der Waals surface area contributed by atoms with Crippen molar-refractivity contribution in [1.82, 2.24) is 0 Å². The van der Waals surface area contributed by atoms with Gasteiger partial charge in [0.1, 0.15) is 22.5 Å². The number of rotatable bonds is 5. The van der Waals surface area contributed by atoms with Crippen LogP contribution in [0.5, 0.6) is 0 Å². The van der Waals surface area contributed by atoms with E-state index in [0.717, 1.165) is 61.5 Å². The van der Waals surface area contributed by atoms with Gasteiger partial charge in [-0.25, -0.2) is 0 Å². The highest BCUT2D eigenvalue weighted by atomic mass is 16.3. The Balaban J connectivity index is 0.949. The van der Waals surface area contributed by atoms with Gasteiger partial charge in [0.15, 0.2) is 0 Å². The topological polar surface area (TPSA) is 29.5 Å². The molecule has 0 spiro atoms. The number of anilines is 3. The molecule has 3 nitrogen and oxygen atoms in total. The van der Waals surface area contributed by atoms with E-state index >= 15 is 0 Å². The molecule has 282 valence electrons. The summed E-state index contributed by atoms with van der Waals surface area (Å²) in [7, 11) is 0. The fraction of sp³-hybridized carbons (Fsp3) is 0.107. The van der Waals surface area contributed by atoms with Gasteiger partial charge in [0.25, 0.3) is 0 Å². The molecule has 0 unspecified atom stereocenters. The van der Waals surface area contributed by atoms with Crippen molar-refractivity contribution in [2.24, 2.45) is 0 Å². The summed E-state index contributed by atoms with van der Waals surface area (Å²) in [6.45, 7) is 9.34. The number of nitrogens with zero attached hydrogens (tertiary/aromatic N) is 1. The lowest BCUT2D eigenvalue weighted by Crippen LogP contribution is -2.16. The maximum atomic E-state index is 6.46. The molecule has 8 aromatic carbocycles. The van der Waals surface area contributed by atoms with Crippen molar-refractivity contribution in [3.63, 3.8) is 0 Å². The lowest BCUT2D eigenvalue weighted by atomic mass is 9.80. The van der Waals surface area contributed by atoms with Crippen LogP contribution in [0.1, 0.15) is 49.9 Å². The molecule has 2 aliphatic rings. The second-order valence-corrected chi connectivity index (χ2v) is 17.3. The van der Waals surface area contributed by atoms with Crippen molar-refractivity contribution in [3.05, 3.63) is 198 Å². The Labute approximate surface area is 343 Å². The first-order valence-electron chi connectivity index (χ1n) is 20.6. The van der Waals surface area contributed by atoms with Crippen LogP contribution in [0.25, 0.3) is 77.6 Å². The van der Waals surface area contributed by atoms with E-state index in [1.54, 1.807) is 0 Å². The molecule has 0 radical (unpaired) electrons. The number of hydrogen-bond acceptors (Lipinski definition) is 3. The van der Waals surface area contributed by atoms with Gasteiger partial charge in [-0.1, -0.05) is 149 Å². The van der Waals surface area contributed by atoms with Gasteiger partial charge < -0.3 is 13.7 Å². The Morgan fingerprint density at radius 3 is 1.71 bits per heavy atom. The fourth-order valence-electron chi connectivity index (χ4n) is 10.3. The Morgan fingerprint density at radius 2 is 0.932 bits per heavy atom. The fourth-order valence-corrected chi connectivity index (χ4v) is 10.3. The van der Waals surface area contributed by atoms with Crippen LogP contribution in [-0.2, 0) is 10.8 Å². The predicted molar refractivity (Wildman–Crippen MR) is 244 cm³/mol. The molecule has 59 heavy (non-hydrogen) atoms. The van der Waals surface area contributed by atoms with Gasteiger partial charge in [0.05, 0.1) is 0 Å². The van der Waals surface area contributed by atoms with E-state index in [9.17, 15) is 0 Å². The van der Waals surface area contributed by atoms with Crippen LogP contribution in [0.2, 0.25) is 0 Å². The number of hydrogen-bond donors (Lipinski definition) is 0. The predicted octanol–water partition coefficient (Wildman–Crippen LogP) is 15.7. The number of fused-ring (bicyclic) bond motifs is 11. The van der Waals surface area contributed by atoms with Crippen molar-refractivity contribution < 1.29 is 8.83 Å². The molecular formula is C56H41NO2. The molecule has 2 heterocycles. The van der Waals surface area contributed by atoms with E-state index in [-0.39, 0.29) is 10.8 Å². The monoisotopic (exact) mass is 759 g/mol. The van der Waals surface area contributed by atoms with Crippen LogP contribution in [0.3, 0.4) is 0 Å². The minimum absolute atomic E-state index is 0.115. The second kappa shape index (κ2) is 12.2. The summed E-state index contributed by atoms with van der Waals surface area (Å²) in [6, 6.07) is 63.8. The SMILES string of the molecule is CC1(C)c2ccccc2-c2ccc(N(c3ccc(-c4ccc5c(c4)C(C)(C)c4c-5oc5ccccc45)cc3)c3ccc(-c4cccc5c4oc4ccccc45)cc3)cc21. The molecule has 2 aromatic heterocycles. The van der Waals surface area contributed by atoms with Crippen LogP contribution < -0.4 is 4.90 Å². The summed E-state index contributed by atoms with van der Waals surface area (Å²) < 4.78 is 12.9. The van der Waals surface area contributed by atoms with Crippen molar-refractivity contribution >= 4 is 50.0 Å². The molecule has 0 N–H and O–H groups in total. The minimum atomic E-state index is -0.173. The number of para-hydroxylation sites is 3. The maximum Gasteiger partial charge on any atom is 0.143 e. The van der Waals surface area contributed by atoms with E-state index in [4.69, 9.17) is 8.83 Å². The molecule has 10 aromatic rings. The Kier molecular flexibility index (Phi) is 7.03. The average molecular weight is 760 g/mol. The van der Waals surface area contributed by atoms with Gasteiger partial charge in [-0.15, -0.1) is 0 Å². The Hall–Kier alpha value is -7.10. The number of benzene rings is 8. The van der Waals surface area contributed by atoms with E-state index < -0.39 is 0 Å². The lowest BCUT2D eigenvalue weighted by Gasteiger charge is -2.28.